The number of alkyl halides is 5. The van der Waals surface area contributed by atoms with Crippen molar-refractivity contribution in [3.05, 3.63) is 346 Å². The summed E-state index contributed by atoms with van der Waals surface area (Å²) in [4.78, 5) is 26.6. The highest BCUT2D eigenvalue weighted by Crippen LogP contribution is 2.52. The number of nitrogens with one attached hydrogen (secondary N) is 5. The lowest BCUT2D eigenvalue weighted by molar-refractivity contribution is -0.182. The van der Waals surface area contributed by atoms with Gasteiger partial charge in [-0.3, -0.25) is 28.9 Å². The van der Waals surface area contributed by atoms with Gasteiger partial charge in [-0.15, -0.1) is 0 Å². The third kappa shape index (κ3) is 22.7. The van der Waals surface area contributed by atoms with Gasteiger partial charge in [-0.05, 0) is 242 Å². The summed E-state index contributed by atoms with van der Waals surface area (Å²) in [6.07, 6.45) is 1.61. The van der Waals surface area contributed by atoms with Gasteiger partial charge in [0.15, 0.2) is 0 Å². The van der Waals surface area contributed by atoms with Gasteiger partial charge in [0.05, 0.1) is 54.8 Å². The van der Waals surface area contributed by atoms with Gasteiger partial charge in [0.25, 0.3) is 0 Å². The molecule has 0 saturated carbocycles. The minimum atomic E-state index is -4.39. The van der Waals surface area contributed by atoms with E-state index < -0.39 is 119 Å². The van der Waals surface area contributed by atoms with Crippen molar-refractivity contribution in [3.8, 4) is 6.07 Å². The van der Waals surface area contributed by atoms with E-state index in [-0.39, 0.29) is 100 Å². The normalized spacial score (nSPS) is 20.9. The SMILES string of the molecule is CCC(C#N)CN1C(C)Cc2c([nH]c3ccccc23)C1c1c(F)cc(Br)cc1F.CCC(C)(F)CN1C(C)Cc2c([nH]c3cc(F)ccc23)C1c1c(F)cc(Br)cc1F.CCC(C)CN1C(C)Cc2c([nH]c3ccccc23)C1c1c(F)cc(Br)cc1F.CCC(CF)CN1C(C)Cc2c([nH]c3ccccc23)C1c1c(F)cc(Br)cc1F.CCC(CN1C(C)Cc2c([nH]c3ccccc23)C1c1c(F)cc(Br)cc1F)C(F)(F)F. The fourth-order valence-corrected chi connectivity index (χ4v) is 24.4. The zero-order valence-electron chi connectivity index (χ0n) is 83.3. The topological polar surface area (TPSA) is 119 Å². The van der Waals surface area contributed by atoms with Crippen LogP contribution in [-0.4, -0.2) is 131 Å². The van der Waals surface area contributed by atoms with Crippen molar-refractivity contribution in [2.45, 2.75) is 220 Å². The van der Waals surface area contributed by atoms with Crippen LogP contribution in [0.3, 0.4) is 0 Å². The zero-order valence-corrected chi connectivity index (χ0v) is 91.2. The molecule has 147 heavy (non-hydrogen) atoms. The van der Waals surface area contributed by atoms with Crippen molar-refractivity contribution in [3.63, 3.8) is 0 Å². The number of nitrogens with zero attached hydrogens (tertiary/aromatic N) is 6. The molecule has 0 saturated heterocycles. The van der Waals surface area contributed by atoms with Gasteiger partial charge in [-0.2, -0.15) is 18.4 Å². The largest absolute Gasteiger partial charge is 0.393 e. The summed E-state index contributed by atoms with van der Waals surface area (Å²) in [5.41, 5.74) is 11.4. The van der Waals surface area contributed by atoms with E-state index >= 15 is 48.3 Å². The van der Waals surface area contributed by atoms with Crippen LogP contribution in [0.5, 0.6) is 0 Å². The van der Waals surface area contributed by atoms with Crippen LogP contribution < -0.4 is 0 Å². The summed E-state index contributed by atoms with van der Waals surface area (Å²) in [6, 6.07) is 47.1. The molecule has 5 aliphatic rings. The number of hydrogen-bond acceptors (Lipinski definition) is 6. The molecule has 0 fully saturated rings. The fraction of sp³-hybridized carbons (Fsp3) is 0.383. The number of para-hydroxylation sites is 4. The van der Waals surface area contributed by atoms with Crippen molar-refractivity contribution < 1.29 is 70.2 Å². The van der Waals surface area contributed by atoms with E-state index in [0.717, 1.165) is 133 Å². The van der Waals surface area contributed by atoms with E-state index in [4.69, 9.17) is 0 Å². The van der Waals surface area contributed by atoms with Crippen molar-refractivity contribution in [2.24, 2.45) is 23.7 Å². The van der Waals surface area contributed by atoms with Gasteiger partial charge in [-0.25, -0.2) is 52.7 Å². The molecule has 20 rings (SSSR count). The number of benzene rings is 10. The van der Waals surface area contributed by atoms with Crippen LogP contribution in [0.15, 0.2) is 198 Å². The van der Waals surface area contributed by atoms with Gasteiger partial charge < -0.3 is 24.9 Å². The van der Waals surface area contributed by atoms with Crippen LogP contribution in [-0.2, 0) is 32.1 Å². The highest BCUT2D eigenvalue weighted by atomic mass is 79.9. The maximum absolute atomic E-state index is 15.1. The Hall–Kier alpha value is -9.53. The number of hydrogen-bond donors (Lipinski definition) is 5. The van der Waals surface area contributed by atoms with Gasteiger partial charge >= 0.3 is 6.18 Å². The third-order valence-electron chi connectivity index (χ3n) is 30.5. The number of fused-ring (bicyclic) bond motifs is 15. The lowest BCUT2D eigenvalue weighted by Crippen LogP contribution is -2.48. The van der Waals surface area contributed by atoms with Crippen LogP contribution in [0, 0.1) is 99.0 Å². The molecule has 778 valence electrons. The summed E-state index contributed by atoms with van der Waals surface area (Å²) in [5, 5.41) is 14.6. The van der Waals surface area contributed by atoms with Gasteiger partial charge in [-0.1, -0.05) is 200 Å². The molecule has 0 aliphatic carbocycles. The van der Waals surface area contributed by atoms with Crippen LogP contribution in [0.25, 0.3) is 54.5 Å². The Morgan fingerprint density at radius 1 is 0.347 bits per heavy atom. The Labute approximate surface area is 887 Å². The number of halogens is 21. The van der Waals surface area contributed by atoms with E-state index in [1.807, 2.05) is 124 Å². The molecule has 32 heteroatoms. The average molecular weight is 2360 g/mol. The molecule has 5 N–H and O–H groups in total. The molecule has 15 aromatic rings. The second-order valence-corrected chi connectivity index (χ2v) is 44.8. The molecule has 10 aromatic carbocycles. The number of rotatable bonds is 21. The predicted molar refractivity (Wildman–Crippen MR) is 569 cm³/mol. The van der Waals surface area contributed by atoms with Crippen molar-refractivity contribution in [1.29, 1.82) is 5.26 Å². The first-order valence-electron chi connectivity index (χ1n) is 49.9. The summed E-state index contributed by atoms with van der Waals surface area (Å²) in [7, 11) is 0. The molecule has 5 aromatic heterocycles. The number of nitriles is 1. The molecule has 15 atom stereocenters. The summed E-state index contributed by atoms with van der Waals surface area (Å²) >= 11 is 15.8. The Kier molecular flexibility index (Phi) is 34.4. The predicted octanol–water partition coefficient (Wildman–Crippen LogP) is 33.2. The van der Waals surface area contributed by atoms with E-state index in [0.29, 0.717) is 79.5 Å². The molecule has 10 heterocycles. The maximum Gasteiger partial charge on any atom is 0.393 e. The molecule has 0 bridgehead atoms. The van der Waals surface area contributed by atoms with Gasteiger partial charge in [0.2, 0.25) is 0 Å². The quantitative estimate of drug-likeness (QED) is 0.0457. The Bertz CT molecular complexity index is 7230. The zero-order chi connectivity index (χ0) is 106. The van der Waals surface area contributed by atoms with E-state index in [1.54, 1.807) is 17.9 Å². The van der Waals surface area contributed by atoms with Crippen molar-refractivity contribution in [1.82, 2.24) is 49.4 Å². The molecular weight excluding hydrogens is 2240 g/mol. The first-order valence-corrected chi connectivity index (χ1v) is 53.9. The second kappa shape index (κ2) is 45.9. The fourth-order valence-electron chi connectivity index (χ4n) is 22.4. The second-order valence-electron chi connectivity index (χ2n) is 40.2. The highest BCUT2D eigenvalue weighted by molar-refractivity contribution is 9.11. The molecular formula is C115H116Br5F16N11. The summed E-state index contributed by atoms with van der Waals surface area (Å²) in [6.45, 7) is 24.0. The monoisotopic (exact) mass is 2350 g/mol. The maximum atomic E-state index is 15.1. The van der Waals surface area contributed by atoms with Crippen molar-refractivity contribution >= 4 is 134 Å². The Balaban J connectivity index is 0.000000131. The van der Waals surface area contributed by atoms with E-state index in [2.05, 4.69) is 166 Å². The number of H-pyrrole nitrogens is 5. The van der Waals surface area contributed by atoms with Crippen molar-refractivity contribution in [2.75, 3.05) is 39.4 Å². The minimum Gasteiger partial charge on any atom is -0.357 e. The number of aromatic amines is 5. The van der Waals surface area contributed by atoms with Gasteiger partial charge in [0.1, 0.15) is 69.7 Å². The van der Waals surface area contributed by atoms with Crippen LogP contribution in [0.2, 0.25) is 0 Å². The highest BCUT2D eigenvalue weighted by Gasteiger charge is 2.49. The summed E-state index contributed by atoms with van der Waals surface area (Å²) < 4.78 is 236. The first-order chi connectivity index (χ1) is 70.0. The molecule has 0 radical (unpaired) electrons. The van der Waals surface area contributed by atoms with Gasteiger partial charge in [0, 0.05) is 196 Å². The summed E-state index contributed by atoms with van der Waals surface area (Å²) in [5.74, 6) is -8.31. The molecule has 15 unspecified atom stereocenters. The minimum absolute atomic E-state index is 0.0151. The Morgan fingerprint density at radius 3 is 0.891 bits per heavy atom. The molecule has 0 amide bonds. The van der Waals surface area contributed by atoms with Crippen LogP contribution >= 0.6 is 79.6 Å². The first kappa shape index (κ1) is 110. The lowest BCUT2D eigenvalue weighted by Gasteiger charge is -2.43. The lowest BCUT2D eigenvalue weighted by atomic mass is 9.87. The molecule has 11 nitrogen and oxygen atoms in total. The Morgan fingerprint density at radius 2 is 0.619 bits per heavy atom. The number of aromatic nitrogens is 5. The van der Waals surface area contributed by atoms with E-state index in [9.17, 15) is 27.2 Å². The molecule has 5 aliphatic heterocycles. The van der Waals surface area contributed by atoms with E-state index in [1.165, 1.54) is 80.1 Å². The average Bonchev–Trinajstić information content (AvgIpc) is 1.62. The smallest absolute Gasteiger partial charge is 0.357 e. The van der Waals surface area contributed by atoms with Crippen LogP contribution in [0.4, 0.5) is 70.2 Å². The standard InChI is InChI=1S/C23H22BrF5N2.C23H23BrF4N2.C23H24BrF3N2.C23H22BrF2N3.C23H25BrF2N2/c1-3-13(23(27,28)29)11-31-12(2)8-16-15-6-4-5-7-19(15)30-21(16)22(31)20-17(25)9-14(24)10-18(20)26;1-4-23(3,28)11-30-12(2)7-16-15-6-5-14(25)10-19(15)29-21(16)22(30)20-17(26)8-13(24)9-18(20)27;1-3-14(11-25)12-29-13(2)8-17-16-6-4-5-7-20(16)28-22(17)23(29)21-18(26)9-15(24)10-19(21)27;1-3-14(11-27)12-29-13(2)8-17-16-6-4-5-7-20(16)28-22(17)23(29)21-18(25)9-15(24)10-19(21)26;1-4-13(2)12-28-14(3)9-17-16-7-5-6-8-20(16)27-22(17)23(28)21-18(25)10-15(24)11-19(21)26/h4-7,9-10,12-13,22,30H,3,8,11H2,1-2H3;5-6,8-10,12,22,29H,4,7,11H2,1-3H3;4-7,9-10,13-14,23,28H,3,8,11-12H2,1-2H3;4-7,9-10,13-14,23,28H,3,8,12H2,1-2H3;5-8,10-11,13-14,23,27H,4,9,12H2,1-3H3. The molecule has 0 spiro atoms. The van der Waals surface area contributed by atoms with Crippen LogP contribution in [0.1, 0.15) is 230 Å². The third-order valence-corrected chi connectivity index (χ3v) is 32.7.